The lowest BCUT2D eigenvalue weighted by molar-refractivity contribution is -0.117. The minimum Gasteiger partial charge on any atom is -0.322 e. The third-order valence-corrected chi connectivity index (χ3v) is 2.97. The highest BCUT2D eigenvalue weighted by atomic mass is 35.5. The van der Waals surface area contributed by atoms with Crippen LogP contribution in [0.5, 0.6) is 0 Å². The zero-order valence-corrected chi connectivity index (χ0v) is 10.5. The molecule has 0 bridgehead atoms. The summed E-state index contributed by atoms with van der Waals surface area (Å²) in [6.07, 6.45) is 5.68. The largest absolute Gasteiger partial charge is 0.322 e. The molecule has 1 rings (SSSR count). The van der Waals surface area contributed by atoms with Crippen LogP contribution in [0.15, 0.2) is 18.5 Å². The number of carbonyl (C=O) groups is 1. The zero-order chi connectivity index (χ0) is 12.0. The molecule has 1 atom stereocenters. The van der Waals surface area contributed by atoms with E-state index < -0.39 is 6.04 Å². The summed E-state index contributed by atoms with van der Waals surface area (Å²) in [6.45, 7) is 0. The van der Waals surface area contributed by atoms with Gasteiger partial charge in [-0.3, -0.25) is 9.78 Å². The number of hydrogen-bond donors (Lipinski definition) is 2. The molecular formula is C10H14ClN3OS. The zero-order valence-electron chi connectivity index (χ0n) is 8.94. The van der Waals surface area contributed by atoms with Gasteiger partial charge in [0.1, 0.15) is 0 Å². The highest BCUT2D eigenvalue weighted by Crippen LogP contribution is 2.19. The van der Waals surface area contributed by atoms with Crippen LogP contribution in [0.4, 0.5) is 5.69 Å². The van der Waals surface area contributed by atoms with Crippen LogP contribution in [0.2, 0.25) is 5.02 Å². The van der Waals surface area contributed by atoms with Crippen LogP contribution < -0.4 is 11.1 Å². The number of rotatable bonds is 5. The molecule has 88 valence electrons. The van der Waals surface area contributed by atoms with E-state index in [2.05, 4.69) is 10.3 Å². The van der Waals surface area contributed by atoms with Crippen molar-refractivity contribution in [2.24, 2.45) is 5.73 Å². The smallest absolute Gasteiger partial charge is 0.241 e. The SMILES string of the molecule is CSCC[C@H](N)C(=O)Nc1cnccc1Cl. The normalized spacial score (nSPS) is 12.2. The molecular weight excluding hydrogens is 246 g/mol. The molecule has 0 unspecified atom stereocenters. The van der Waals surface area contributed by atoms with Crippen LogP contribution in [-0.4, -0.2) is 28.9 Å². The molecule has 0 radical (unpaired) electrons. The van der Waals surface area contributed by atoms with E-state index >= 15 is 0 Å². The third kappa shape index (κ3) is 4.00. The van der Waals surface area contributed by atoms with Gasteiger partial charge >= 0.3 is 0 Å². The molecule has 3 N–H and O–H groups in total. The van der Waals surface area contributed by atoms with Gasteiger partial charge in [-0.05, 0) is 24.5 Å². The fraction of sp³-hybridized carbons (Fsp3) is 0.400. The monoisotopic (exact) mass is 259 g/mol. The maximum absolute atomic E-state index is 11.6. The van der Waals surface area contributed by atoms with Crippen LogP contribution in [0.3, 0.4) is 0 Å². The van der Waals surface area contributed by atoms with Gasteiger partial charge in [-0.15, -0.1) is 0 Å². The lowest BCUT2D eigenvalue weighted by Crippen LogP contribution is -2.36. The summed E-state index contributed by atoms with van der Waals surface area (Å²) in [6, 6.07) is 1.11. The Bertz CT molecular complexity index is 362. The minimum absolute atomic E-state index is 0.232. The molecule has 0 aliphatic rings. The summed E-state index contributed by atoms with van der Waals surface area (Å²) in [5.41, 5.74) is 6.21. The highest BCUT2D eigenvalue weighted by Gasteiger charge is 2.14. The van der Waals surface area contributed by atoms with Crippen molar-refractivity contribution in [2.45, 2.75) is 12.5 Å². The van der Waals surface area contributed by atoms with E-state index in [-0.39, 0.29) is 5.91 Å². The second kappa shape index (κ2) is 6.73. The number of nitrogens with two attached hydrogens (primary N) is 1. The second-order valence-corrected chi connectivity index (χ2v) is 4.63. The second-order valence-electron chi connectivity index (χ2n) is 3.23. The number of pyridine rings is 1. The molecule has 0 fully saturated rings. The predicted molar refractivity (Wildman–Crippen MR) is 68.9 cm³/mol. The Morgan fingerprint density at radius 3 is 3.12 bits per heavy atom. The number of aromatic nitrogens is 1. The lowest BCUT2D eigenvalue weighted by atomic mass is 10.2. The number of anilines is 1. The number of nitrogens with zero attached hydrogens (tertiary/aromatic N) is 1. The first-order chi connectivity index (χ1) is 7.65. The van der Waals surface area contributed by atoms with Crippen molar-refractivity contribution in [3.8, 4) is 0 Å². The predicted octanol–water partition coefficient (Wildman–Crippen LogP) is 1.75. The summed E-state index contributed by atoms with van der Waals surface area (Å²) in [5, 5.41) is 3.11. The molecule has 0 saturated heterocycles. The number of halogens is 1. The van der Waals surface area contributed by atoms with E-state index in [4.69, 9.17) is 17.3 Å². The summed E-state index contributed by atoms with van der Waals surface area (Å²) in [7, 11) is 0. The molecule has 0 saturated carbocycles. The fourth-order valence-corrected chi connectivity index (χ4v) is 1.71. The van der Waals surface area contributed by atoms with Crippen LogP contribution in [0.25, 0.3) is 0 Å². The average Bonchev–Trinajstić information content (AvgIpc) is 2.28. The van der Waals surface area contributed by atoms with E-state index in [1.165, 1.54) is 6.20 Å². The Morgan fingerprint density at radius 1 is 1.75 bits per heavy atom. The van der Waals surface area contributed by atoms with Gasteiger partial charge in [0, 0.05) is 6.20 Å². The molecule has 0 spiro atoms. The number of hydrogen-bond acceptors (Lipinski definition) is 4. The molecule has 1 aromatic heterocycles. The van der Waals surface area contributed by atoms with Gasteiger partial charge in [-0.2, -0.15) is 11.8 Å². The van der Waals surface area contributed by atoms with Gasteiger partial charge in [0.2, 0.25) is 5.91 Å². The average molecular weight is 260 g/mol. The molecule has 16 heavy (non-hydrogen) atoms. The van der Waals surface area contributed by atoms with Crippen LogP contribution >= 0.6 is 23.4 Å². The van der Waals surface area contributed by atoms with E-state index in [1.807, 2.05) is 6.26 Å². The van der Waals surface area contributed by atoms with Crippen LogP contribution in [-0.2, 0) is 4.79 Å². The van der Waals surface area contributed by atoms with E-state index in [0.717, 1.165) is 5.75 Å². The maximum atomic E-state index is 11.6. The van der Waals surface area contributed by atoms with Crippen molar-refractivity contribution in [1.29, 1.82) is 0 Å². The van der Waals surface area contributed by atoms with E-state index in [0.29, 0.717) is 17.1 Å². The fourth-order valence-electron chi connectivity index (χ4n) is 1.07. The molecule has 1 heterocycles. The van der Waals surface area contributed by atoms with Gasteiger partial charge in [0.15, 0.2) is 0 Å². The van der Waals surface area contributed by atoms with E-state index in [1.54, 1.807) is 24.0 Å². The van der Waals surface area contributed by atoms with Gasteiger partial charge in [0.25, 0.3) is 0 Å². The van der Waals surface area contributed by atoms with Crippen LogP contribution in [0, 0.1) is 0 Å². The van der Waals surface area contributed by atoms with Gasteiger partial charge in [0.05, 0.1) is 22.9 Å². The Balaban J connectivity index is 2.54. The number of carbonyl (C=O) groups excluding carboxylic acids is 1. The molecule has 4 nitrogen and oxygen atoms in total. The number of amides is 1. The van der Waals surface area contributed by atoms with Crippen LogP contribution in [0.1, 0.15) is 6.42 Å². The Morgan fingerprint density at radius 2 is 2.50 bits per heavy atom. The minimum atomic E-state index is -0.510. The topological polar surface area (TPSA) is 68.0 Å². The first-order valence-electron chi connectivity index (χ1n) is 4.80. The molecule has 0 aromatic carbocycles. The van der Waals surface area contributed by atoms with Crippen molar-refractivity contribution < 1.29 is 4.79 Å². The quantitative estimate of drug-likeness (QED) is 0.846. The lowest BCUT2D eigenvalue weighted by Gasteiger charge is -2.11. The van der Waals surface area contributed by atoms with Crippen molar-refractivity contribution in [1.82, 2.24) is 4.98 Å². The summed E-state index contributed by atoms with van der Waals surface area (Å²) < 4.78 is 0. The van der Waals surface area contributed by atoms with Crippen molar-refractivity contribution in [3.63, 3.8) is 0 Å². The maximum Gasteiger partial charge on any atom is 0.241 e. The highest BCUT2D eigenvalue weighted by molar-refractivity contribution is 7.98. The first-order valence-corrected chi connectivity index (χ1v) is 6.57. The van der Waals surface area contributed by atoms with Gasteiger partial charge in [-0.25, -0.2) is 0 Å². The van der Waals surface area contributed by atoms with Gasteiger partial charge < -0.3 is 11.1 Å². The Kier molecular flexibility index (Phi) is 5.59. The third-order valence-electron chi connectivity index (χ3n) is 2.00. The van der Waals surface area contributed by atoms with E-state index in [9.17, 15) is 4.79 Å². The molecule has 0 aliphatic carbocycles. The Hall–Kier alpha value is -0.780. The number of thioether (sulfide) groups is 1. The summed E-state index contributed by atoms with van der Waals surface area (Å²) in [5.74, 6) is 0.624. The molecule has 1 amide bonds. The molecule has 1 aromatic rings. The van der Waals surface area contributed by atoms with Crippen molar-refractivity contribution in [3.05, 3.63) is 23.5 Å². The first kappa shape index (κ1) is 13.3. The standard InChI is InChI=1S/C10H14ClN3OS/c1-16-5-3-8(12)10(15)14-9-6-13-4-2-7(9)11/h2,4,6,8H,3,5,12H2,1H3,(H,14,15)/t8-/m0/s1. The number of nitrogens with one attached hydrogen (secondary N) is 1. The van der Waals surface area contributed by atoms with Gasteiger partial charge in [-0.1, -0.05) is 11.6 Å². The molecule has 0 aliphatic heterocycles. The molecule has 6 heteroatoms. The van der Waals surface area contributed by atoms with Crippen molar-refractivity contribution in [2.75, 3.05) is 17.3 Å². The van der Waals surface area contributed by atoms with Crippen molar-refractivity contribution >= 4 is 35.0 Å². The Labute approximate surface area is 104 Å². The summed E-state index contributed by atoms with van der Waals surface area (Å²) >= 11 is 7.54. The summed E-state index contributed by atoms with van der Waals surface area (Å²) in [4.78, 5) is 15.5.